The predicted molar refractivity (Wildman–Crippen MR) is 102 cm³/mol. The molecule has 1 fully saturated rings. The number of benzene rings is 2. The standard InChI is InChI=1S/C20H21N3O3S/c1-14-3-7-16(8-4-14)19-21-20(26-22-19)17-11-12-23(13-17)27(24,25)18-9-5-15(2)6-10-18/h3-10,17H,11-13H2,1-2H3. The Morgan fingerprint density at radius 3 is 2.30 bits per heavy atom. The molecule has 2 aromatic carbocycles. The second-order valence-corrected chi connectivity index (χ2v) is 8.92. The van der Waals surface area contributed by atoms with Crippen LogP contribution in [0.15, 0.2) is 57.9 Å². The first kappa shape index (κ1) is 17.9. The smallest absolute Gasteiger partial charge is 0.243 e. The molecule has 0 bridgehead atoms. The highest BCUT2D eigenvalue weighted by atomic mass is 32.2. The van der Waals surface area contributed by atoms with Crippen molar-refractivity contribution >= 4 is 10.0 Å². The zero-order valence-corrected chi connectivity index (χ0v) is 16.1. The average Bonchev–Trinajstić information content (AvgIpc) is 3.32. The Morgan fingerprint density at radius 2 is 1.63 bits per heavy atom. The lowest BCUT2D eigenvalue weighted by molar-refractivity contribution is 0.354. The van der Waals surface area contributed by atoms with Crippen molar-refractivity contribution in [2.75, 3.05) is 13.1 Å². The molecule has 2 heterocycles. The van der Waals surface area contributed by atoms with Gasteiger partial charge in [0, 0.05) is 18.7 Å². The van der Waals surface area contributed by atoms with E-state index < -0.39 is 10.0 Å². The van der Waals surface area contributed by atoms with Crippen molar-refractivity contribution in [3.8, 4) is 11.4 Å². The van der Waals surface area contributed by atoms with Crippen molar-refractivity contribution < 1.29 is 12.9 Å². The Balaban J connectivity index is 1.51. The molecular weight excluding hydrogens is 362 g/mol. The fraction of sp³-hybridized carbons (Fsp3) is 0.300. The first-order valence-electron chi connectivity index (χ1n) is 8.91. The Labute approximate surface area is 158 Å². The van der Waals surface area contributed by atoms with Gasteiger partial charge in [-0.25, -0.2) is 8.42 Å². The second-order valence-electron chi connectivity index (χ2n) is 6.98. The summed E-state index contributed by atoms with van der Waals surface area (Å²) in [5.41, 5.74) is 3.08. The van der Waals surface area contributed by atoms with Crippen LogP contribution in [-0.4, -0.2) is 36.0 Å². The van der Waals surface area contributed by atoms with E-state index in [0.717, 1.165) is 16.7 Å². The molecule has 0 aliphatic carbocycles. The monoisotopic (exact) mass is 383 g/mol. The number of rotatable bonds is 4. The first-order chi connectivity index (χ1) is 12.9. The molecule has 1 saturated heterocycles. The molecule has 1 atom stereocenters. The number of aryl methyl sites for hydroxylation is 2. The van der Waals surface area contributed by atoms with E-state index in [1.165, 1.54) is 4.31 Å². The van der Waals surface area contributed by atoms with Crippen LogP contribution in [0.2, 0.25) is 0 Å². The van der Waals surface area contributed by atoms with Gasteiger partial charge in [0.05, 0.1) is 10.8 Å². The zero-order chi connectivity index (χ0) is 19.0. The molecule has 1 aliphatic rings. The Hall–Kier alpha value is -2.51. The summed E-state index contributed by atoms with van der Waals surface area (Å²) in [4.78, 5) is 4.81. The van der Waals surface area contributed by atoms with Crippen molar-refractivity contribution in [1.29, 1.82) is 0 Å². The molecule has 1 aliphatic heterocycles. The summed E-state index contributed by atoms with van der Waals surface area (Å²) in [7, 11) is -3.50. The number of hydrogen-bond donors (Lipinski definition) is 0. The SMILES string of the molecule is Cc1ccc(-c2noc(C3CCN(S(=O)(=O)c4ccc(C)cc4)C3)n2)cc1. The van der Waals surface area contributed by atoms with Gasteiger partial charge in [-0.1, -0.05) is 52.7 Å². The van der Waals surface area contributed by atoms with Gasteiger partial charge in [-0.3, -0.25) is 0 Å². The normalized spacial score (nSPS) is 18.1. The molecule has 0 N–H and O–H groups in total. The lowest BCUT2D eigenvalue weighted by Crippen LogP contribution is -2.28. The molecule has 4 rings (SSSR count). The van der Waals surface area contributed by atoms with Crippen LogP contribution in [0.4, 0.5) is 0 Å². The van der Waals surface area contributed by atoms with Crippen LogP contribution in [-0.2, 0) is 10.0 Å². The minimum Gasteiger partial charge on any atom is -0.339 e. The highest BCUT2D eigenvalue weighted by Crippen LogP contribution is 2.31. The van der Waals surface area contributed by atoms with E-state index in [2.05, 4.69) is 10.1 Å². The van der Waals surface area contributed by atoms with Gasteiger partial charge in [-0.2, -0.15) is 9.29 Å². The van der Waals surface area contributed by atoms with Crippen LogP contribution in [0.3, 0.4) is 0 Å². The van der Waals surface area contributed by atoms with E-state index in [1.54, 1.807) is 12.1 Å². The van der Waals surface area contributed by atoms with Crippen molar-refractivity contribution in [3.05, 3.63) is 65.5 Å². The minimum absolute atomic E-state index is 0.0862. The summed E-state index contributed by atoms with van der Waals surface area (Å²) in [6.07, 6.45) is 0.667. The van der Waals surface area contributed by atoms with Gasteiger partial charge in [0.1, 0.15) is 0 Å². The third kappa shape index (κ3) is 3.52. The third-order valence-electron chi connectivity index (χ3n) is 4.91. The molecule has 140 valence electrons. The molecular formula is C20H21N3O3S. The van der Waals surface area contributed by atoms with Crippen molar-refractivity contribution in [3.63, 3.8) is 0 Å². The van der Waals surface area contributed by atoms with Crippen LogP contribution in [0.5, 0.6) is 0 Å². The zero-order valence-electron chi connectivity index (χ0n) is 15.3. The van der Waals surface area contributed by atoms with Crippen molar-refractivity contribution in [2.24, 2.45) is 0 Å². The third-order valence-corrected chi connectivity index (χ3v) is 6.79. The van der Waals surface area contributed by atoms with E-state index >= 15 is 0 Å². The Bertz CT molecular complexity index is 1040. The summed E-state index contributed by atoms with van der Waals surface area (Å²) in [6, 6.07) is 14.8. The van der Waals surface area contributed by atoms with E-state index in [0.29, 0.717) is 36.1 Å². The van der Waals surface area contributed by atoms with Crippen LogP contribution in [0, 0.1) is 13.8 Å². The molecule has 0 saturated carbocycles. The summed E-state index contributed by atoms with van der Waals surface area (Å²) in [5.74, 6) is 0.939. The van der Waals surface area contributed by atoms with Crippen LogP contribution in [0.25, 0.3) is 11.4 Å². The molecule has 27 heavy (non-hydrogen) atoms. The van der Waals surface area contributed by atoms with E-state index in [-0.39, 0.29) is 5.92 Å². The average molecular weight is 383 g/mol. The van der Waals surface area contributed by atoms with Gasteiger partial charge in [0.15, 0.2) is 0 Å². The molecule has 3 aromatic rings. The number of aromatic nitrogens is 2. The summed E-state index contributed by atoms with van der Waals surface area (Å²) in [6.45, 7) is 4.76. The molecule has 6 nitrogen and oxygen atoms in total. The maximum Gasteiger partial charge on any atom is 0.243 e. The molecule has 0 amide bonds. The van der Waals surface area contributed by atoms with Gasteiger partial charge in [0.2, 0.25) is 21.7 Å². The van der Waals surface area contributed by atoms with Crippen LogP contribution in [0.1, 0.15) is 29.4 Å². The molecule has 0 spiro atoms. The topological polar surface area (TPSA) is 76.3 Å². The summed E-state index contributed by atoms with van der Waals surface area (Å²) >= 11 is 0. The lowest BCUT2D eigenvalue weighted by atomic mass is 10.1. The predicted octanol–water partition coefficient (Wildman–Crippen LogP) is 3.53. The second kappa shape index (κ2) is 6.90. The fourth-order valence-electron chi connectivity index (χ4n) is 3.23. The molecule has 0 radical (unpaired) electrons. The molecule has 1 unspecified atom stereocenters. The fourth-order valence-corrected chi connectivity index (χ4v) is 4.73. The highest BCUT2D eigenvalue weighted by molar-refractivity contribution is 7.89. The number of hydrogen-bond acceptors (Lipinski definition) is 5. The highest BCUT2D eigenvalue weighted by Gasteiger charge is 2.35. The summed E-state index contributed by atoms with van der Waals surface area (Å²) < 4.78 is 32.6. The number of nitrogens with zero attached hydrogens (tertiary/aromatic N) is 3. The van der Waals surface area contributed by atoms with Crippen LogP contribution < -0.4 is 0 Å². The van der Waals surface area contributed by atoms with E-state index in [1.807, 2.05) is 50.2 Å². The Kier molecular flexibility index (Phi) is 4.57. The van der Waals surface area contributed by atoms with Crippen molar-refractivity contribution in [1.82, 2.24) is 14.4 Å². The van der Waals surface area contributed by atoms with E-state index in [4.69, 9.17) is 4.52 Å². The maximum absolute atomic E-state index is 12.8. The quantitative estimate of drug-likeness (QED) is 0.689. The van der Waals surface area contributed by atoms with Gasteiger partial charge >= 0.3 is 0 Å². The Morgan fingerprint density at radius 1 is 1.00 bits per heavy atom. The van der Waals surface area contributed by atoms with Crippen LogP contribution >= 0.6 is 0 Å². The summed E-state index contributed by atoms with van der Waals surface area (Å²) in [5, 5.41) is 4.06. The van der Waals surface area contributed by atoms with Gasteiger partial charge in [-0.15, -0.1) is 0 Å². The first-order valence-corrected chi connectivity index (χ1v) is 10.3. The van der Waals surface area contributed by atoms with Crippen molar-refractivity contribution in [2.45, 2.75) is 31.1 Å². The van der Waals surface area contributed by atoms with E-state index in [9.17, 15) is 8.42 Å². The largest absolute Gasteiger partial charge is 0.339 e. The van der Waals surface area contributed by atoms with Gasteiger partial charge in [-0.05, 0) is 32.4 Å². The minimum atomic E-state index is -3.50. The molecule has 7 heteroatoms. The lowest BCUT2D eigenvalue weighted by Gasteiger charge is -2.16. The van der Waals surface area contributed by atoms with Gasteiger partial charge < -0.3 is 4.52 Å². The number of sulfonamides is 1. The molecule has 1 aromatic heterocycles. The van der Waals surface area contributed by atoms with Gasteiger partial charge in [0.25, 0.3) is 0 Å². The maximum atomic E-state index is 12.8.